The summed E-state index contributed by atoms with van der Waals surface area (Å²) in [7, 11) is 0. The van der Waals surface area contributed by atoms with Crippen molar-refractivity contribution in [3.8, 4) is 6.07 Å². The lowest BCUT2D eigenvalue weighted by Crippen LogP contribution is -2.30. The van der Waals surface area contributed by atoms with Crippen LogP contribution in [0, 0.1) is 17.1 Å². The lowest BCUT2D eigenvalue weighted by atomic mass is 9.83. The summed E-state index contributed by atoms with van der Waals surface area (Å²) in [5.41, 5.74) is 5.68. The van der Waals surface area contributed by atoms with Crippen molar-refractivity contribution in [1.29, 1.82) is 5.26 Å². The van der Waals surface area contributed by atoms with Gasteiger partial charge < -0.3 is 15.2 Å². The molecule has 0 bridgehead atoms. The van der Waals surface area contributed by atoms with E-state index in [1.54, 1.807) is 33.8 Å². The normalized spacial score (nSPS) is 18.1. The molecule has 2 N–H and O–H groups in total. The fourth-order valence-electron chi connectivity index (χ4n) is 2.50. The quantitative estimate of drug-likeness (QED) is 0.841. The van der Waals surface area contributed by atoms with Gasteiger partial charge in [0.1, 0.15) is 28.8 Å². The van der Waals surface area contributed by atoms with Crippen molar-refractivity contribution in [3.05, 3.63) is 58.4 Å². The number of nitrogens with two attached hydrogens (primary N) is 1. The predicted octanol–water partition coefficient (Wildman–Crippen LogP) is 3.25. The first-order valence-corrected chi connectivity index (χ1v) is 7.41. The molecule has 1 aliphatic heterocycles. The average Bonchev–Trinajstić information content (AvgIpc) is 2.44. The van der Waals surface area contributed by atoms with E-state index in [1.165, 1.54) is 18.2 Å². The molecular formula is C18H19FN2O3. The Labute approximate surface area is 140 Å². The highest BCUT2D eigenvalue weighted by atomic mass is 19.1. The molecule has 1 unspecified atom stereocenters. The number of carbonyl (C=O) groups is 1. The first kappa shape index (κ1) is 17.5. The van der Waals surface area contributed by atoms with Crippen molar-refractivity contribution >= 4 is 5.97 Å². The van der Waals surface area contributed by atoms with Crippen LogP contribution >= 0.6 is 0 Å². The molecule has 1 heterocycles. The van der Waals surface area contributed by atoms with Crippen LogP contribution in [-0.4, -0.2) is 11.6 Å². The average molecular weight is 330 g/mol. The Balaban J connectivity index is 2.59. The van der Waals surface area contributed by atoms with Crippen LogP contribution in [0.15, 0.2) is 47.1 Å². The zero-order valence-corrected chi connectivity index (χ0v) is 14.0. The number of hydrogen-bond acceptors (Lipinski definition) is 5. The lowest BCUT2D eigenvalue weighted by Gasteiger charge is -2.29. The van der Waals surface area contributed by atoms with E-state index in [4.69, 9.17) is 15.2 Å². The third-order valence-electron chi connectivity index (χ3n) is 3.41. The SMILES string of the molecule is CC1=C(C(=O)OC(C)(C)C)C(c2cccc(F)c2)C(C#N)=C(N)O1. The standard InChI is InChI=1S/C18H19FN2O3/c1-10-14(17(22)24-18(2,3)4)15(13(9-20)16(21)23-10)11-6-5-7-12(19)8-11/h5-8,15H,21H2,1-4H3. The summed E-state index contributed by atoms with van der Waals surface area (Å²) < 4.78 is 24.4. The predicted molar refractivity (Wildman–Crippen MR) is 85.6 cm³/mol. The second-order valence-corrected chi connectivity index (χ2v) is 6.45. The highest BCUT2D eigenvalue weighted by Crippen LogP contribution is 2.40. The number of benzene rings is 1. The lowest BCUT2D eigenvalue weighted by molar-refractivity contribution is -0.150. The fraction of sp³-hybridized carbons (Fsp3) is 0.333. The maximum Gasteiger partial charge on any atom is 0.338 e. The van der Waals surface area contributed by atoms with Crippen LogP contribution in [-0.2, 0) is 14.3 Å². The van der Waals surface area contributed by atoms with Gasteiger partial charge >= 0.3 is 5.97 Å². The number of allylic oxidation sites excluding steroid dienone is 2. The van der Waals surface area contributed by atoms with Crippen LogP contribution in [0.3, 0.4) is 0 Å². The number of carbonyl (C=O) groups excluding carboxylic acids is 1. The molecule has 0 aliphatic carbocycles. The topological polar surface area (TPSA) is 85.3 Å². The van der Waals surface area contributed by atoms with Gasteiger partial charge in [-0.1, -0.05) is 12.1 Å². The molecule has 0 radical (unpaired) electrons. The van der Waals surface area contributed by atoms with E-state index in [9.17, 15) is 14.4 Å². The fourth-order valence-corrected chi connectivity index (χ4v) is 2.50. The second kappa shape index (κ2) is 6.36. The number of hydrogen-bond donors (Lipinski definition) is 1. The van der Waals surface area contributed by atoms with Gasteiger partial charge in [0.15, 0.2) is 0 Å². The Kier molecular flexibility index (Phi) is 4.65. The molecule has 0 saturated carbocycles. The molecule has 5 nitrogen and oxygen atoms in total. The Morgan fingerprint density at radius 2 is 2.08 bits per heavy atom. The second-order valence-electron chi connectivity index (χ2n) is 6.45. The number of esters is 1. The Bertz CT molecular complexity index is 782. The maximum atomic E-state index is 13.7. The molecule has 1 aliphatic rings. The highest BCUT2D eigenvalue weighted by molar-refractivity contribution is 5.92. The third kappa shape index (κ3) is 3.57. The van der Waals surface area contributed by atoms with Crippen LogP contribution in [0.1, 0.15) is 39.2 Å². The summed E-state index contributed by atoms with van der Waals surface area (Å²) in [5, 5.41) is 9.44. The van der Waals surface area contributed by atoms with E-state index in [-0.39, 0.29) is 22.8 Å². The van der Waals surface area contributed by atoms with E-state index in [0.29, 0.717) is 5.56 Å². The van der Waals surface area contributed by atoms with Gasteiger partial charge in [-0.15, -0.1) is 0 Å². The van der Waals surface area contributed by atoms with Crippen molar-refractivity contribution in [2.45, 2.75) is 39.2 Å². The van der Waals surface area contributed by atoms with E-state index >= 15 is 0 Å². The minimum atomic E-state index is -0.839. The summed E-state index contributed by atoms with van der Waals surface area (Å²) in [6.45, 7) is 6.76. The number of nitrogens with zero attached hydrogens (tertiary/aromatic N) is 1. The van der Waals surface area contributed by atoms with Crippen molar-refractivity contribution in [2.75, 3.05) is 0 Å². The molecular weight excluding hydrogens is 311 g/mol. The third-order valence-corrected chi connectivity index (χ3v) is 3.41. The van der Waals surface area contributed by atoms with Crippen molar-refractivity contribution < 1.29 is 18.7 Å². The van der Waals surface area contributed by atoms with Crippen LogP contribution < -0.4 is 5.73 Å². The number of ether oxygens (including phenoxy) is 2. The molecule has 0 spiro atoms. The molecule has 2 rings (SSSR count). The summed E-state index contributed by atoms with van der Waals surface area (Å²) in [5.74, 6) is -1.81. The van der Waals surface area contributed by atoms with Gasteiger partial charge in [0.25, 0.3) is 0 Å². The van der Waals surface area contributed by atoms with E-state index < -0.39 is 23.3 Å². The first-order chi connectivity index (χ1) is 11.1. The molecule has 0 saturated heterocycles. The van der Waals surface area contributed by atoms with E-state index in [1.807, 2.05) is 6.07 Å². The van der Waals surface area contributed by atoms with Crippen molar-refractivity contribution in [2.24, 2.45) is 5.73 Å². The smallest absolute Gasteiger partial charge is 0.338 e. The Hall–Kier alpha value is -2.81. The molecule has 1 atom stereocenters. The van der Waals surface area contributed by atoms with Gasteiger partial charge in [-0.2, -0.15) is 5.26 Å². The molecule has 1 aromatic rings. The zero-order valence-electron chi connectivity index (χ0n) is 14.0. The molecule has 126 valence electrons. The Morgan fingerprint density at radius 3 is 2.62 bits per heavy atom. The minimum Gasteiger partial charge on any atom is -0.456 e. The van der Waals surface area contributed by atoms with E-state index in [0.717, 1.165) is 0 Å². The van der Waals surface area contributed by atoms with Crippen molar-refractivity contribution in [1.82, 2.24) is 0 Å². The molecule has 0 aromatic heterocycles. The zero-order chi connectivity index (χ0) is 18.1. The van der Waals surface area contributed by atoms with Gasteiger partial charge in [0.2, 0.25) is 5.88 Å². The van der Waals surface area contributed by atoms with Crippen LogP contribution in [0.25, 0.3) is 0 Å². The minimum absolute atomic E-state index is 0.0482. The molecule has 0 amide bonds. The number of nitriles is 1. The highest BCUT2D eigenvalue weighted by Gasteiger charge is 2.37. The maximum absolute atomic E-state index is 13.7. The van der Waals surface area contributed by atoms with E-state index in [2.05, 4.69) is 0 Å². The van der Waals surface area contributed by atoms with Crippen LogP contribution in [0.2, 0.25) is 0 Å². The summed E-state index contributed by atoms with van der Waals surface area (Å²) >= 11 is 0. The first-order valence-electron chi connectivity index (χ1n) is 7.41. The van der Waals surface area contributed by atoms with Gasteiger partial charge in [0.05, 0.1) is 11.5 Å². The summed E-state index contributed by atoms with van der Waals surface area (Å²) in [4.78, 5) is 12.6. The van der Waals surface area contributed by atoms with Gasteiger partial charge in [0, 0.05) is 0 Å². The molecule has 6 heteroatoms. The molecule has 24 heavy (non-hydrogen) atoms. The number of halogens is 1. The molecule has 0 fully saturated rings. The largest absolute Gasteiger partial charge is 0.456 e. The van der Waals surface area contributed by atoms with Gasteiger partial charge in [-0.05, 0) is 45.4 Å². The van der Waals surface area contributed by atoms with Gasteiger partial charge in [-0.3, -0.25) is 0 Å². The van der Waals surface area contributed by atoms with Crippen molar-refractivity contribution in [3.63, 3.8) is 0 Å². The number of rotatable bonds is 2. The van der Waals surface area contributed by atoms with Crippen LogP contribution in [0.4, 0.5) is 4.39 Å². The monoisotopic (exact) mass is 330 g/mol. The van der Waals surface area contributed by atoms with Gasteiger partial charge in [-0.25, -0.2) is 9.18 Å². The summed E-state index contributed by atoms with van der Waals surface area (Å²) in [6, 6.07) is 7.63. The summed E-state index contributed by atoms with van der Waals surface area (Å²) in [6.07, 6.45) is 0. The van der Waals surface area contributed by atoms with Crippen LogP contribution in [0.5, 0.6) is 0 Å². The molecule has 1 aromatic carbocycles. The Morgan fingerprint density at radius 1 is 1.42 bits per heavy atom.